The van der Waals surface area contributed by atoms with Crippen LogP contribution < -0.4 is 0 Å². The second-order valence-corrected chi connectivity index (χ2v) is 5.46. The quantitative estimate of drug-likeness (QED) is 0.643. The second kappa shape index (κ2) is 5.80. The molecule has 0 aromatic heterocycles. The van der Waals surface area contributed by atoms with Crippen LogP contribution >= 0.6 is 0 Å². The maximum Gasteiger partial charge on any atom is 0.309 e. The monoisotopic (exact) mass is 245 g/mol. The van der Waals surface area contributed by atoms with Crippen molar-refractivity contribution in [2.75, 3.05) is 26.2 Å². The van der Waals surface area contributed by atoms with Crippen LogP contribution in [0, 0.1) is 11.3 Å². The van der Waals surface area contributed by atoms with Gasteiger partial charge < -0.3 is 20.2 Å². The molecule has 0 spiro atoms. The lowest BCUT2D eigenvalue weighted by atomic mass is 9.74. The maximum absolute atomic E-state index is 11.2. The van der Waals surface area contributed by atoms with Crippen molar-refractivity contribution in [3.8, 4) is 0 Å². The van der Waals surface area contributed by atoms with Crippen molar-refractivity contribution in [3.63, 3.8) is 0 Å². The molecule has 0 aromatic carbocycles. The number of carboxylic acids is 1. The first-order valence-corrected chi connectivity index (χ1v) is 6.12. The standard InChI is InChI=1S/C12H23NO4/c1-12(2,11(16)17)9-4-3-5-13(6-9)7-10(15)8-14/h9-10,14-15H,3-8H2,1-2H3,(H,16,17). The number of likely N-dealkylation sites (tertiary alicyclic amines) is 1. The number of hydrogen-bond donors (Lipinski definition) is 3. The molecule has 5 nitrogen and oxygen atoms in total. The molecule has 100 valence electrons. The molecule has 0 saturated carbocycles. The van der Waals surface area contributed by atoms with E-state index in [1.807, 2.05) is 4.90 Å². The van der Waals surface area contributed by atoms with Crippen molar-refractivity contribution >= 4 is 5.97 Å². The van der Waals surface area contributed by atoms with E-state index >= 15 is 0 Å². The lowest BCUT2D eigenvalue weighted by molar-refractivity contribution is -0.151. The highest BCUT2D eigenvalue weighted by Crippen LogP contribution is 2.34. The molecule has 1 aliphatic heterocycles. The maximum atomic E-state index is 11.2. The van der Waals surface area contributed by atoms with Gasteiger partial charge in [-0.2, -0.15) is 0 Å². The van der Waals surface area contributed by atoms with Crippen LogP contribution in [-0.2, 0) is 4.79 Å². The molecular weight excluding hydrogens is 222 g/mol. The predicted molar refractivity (Wildman–Crippen MR) is 63.7 cm³/mol. The van der Waals surface area contributed by atoms with Gasteiger partial charge in [0.05, 0.1) is 18.1 Å². The molecule has 2 unspecified atom stereocenters. The summed E-state index contributed by atoms with van der Waals surface area (Å²) in [5.74, 6) is -0.674. The van der Waals surface area contributed by atoms with Gasteiger partial charge in [0.25, 0.3) is 0 Å². The van der Waals surface area contributed by atoms with E-state index in [1.165, 1.54) is 0 Å². The fourth-order valence-electron chi connectivity index (χ4n) is 2.34. The number of aliphatic hydroxyl groups excluding tert-OH is 2. The van der Waals surface area contributed by atoms with Gasteiger partial charge in [-0.15, -0.1) is 0 Å². The first-order chi connectivity index (χ1) is 7.87. The van der Waals surface area contributed by atoms with E-state index in [4.69, 9.17) is 5.11 Å². The largest absolute Gasteiger partial charge is 0.481 e. The third-order valence-corrected chi connectivity index (χ3v) is 3.76. The lowest BCUT2D eigenvalue weighted by Crippen LogP contribution is -2.47. The number of aliphatic carboxylic acids is 1. The minimum Gasteiger partial charge on any atom is -0.481 e. The summed E-state index contributed by atoms with van der Waals surface area (Å²) < 4.78 is 0. The van der Waals surface area contributed by atoms with E-state index in [0.29, 0.717) is 13.1 Å². The minimum atomic E-state index is -0.771. The SMILES string of the molecule is CC(C)(C(=O)O)C1CCCN(CC(O)CO)C1. The van der Waals surface area contributed by atoms with Crippen LogP contribution in [0.3, 0.4) is 0 Å². The van der Waals surface area contributed by atoms with Gasteiger partial charge in [-0.05, 0) is 39.2 Å². The average molecular weight is 245 g/mol. The molecule has 0 amide bonds. The molecule has 1 aliphatic rings. The Hall–Kier alpha value is -0.650. The number of aliphatic hydroxyl groups is 2. The smallest absolute Gasteiger partial charge is 0.309 e. The molecule has 3 N–H and O–H groups in total. The van der Waals surface area contributed by atoms with E-state index in [0.717, 1.165) is 19.4 Å². The second-order valence-electron chi connectivity index (χ2n) is 5.46. The summed E-state index contributed by atoms with van der Waals surface area (Å²) >= 11 is 0. The number of carbonyl (C=O) groups is 1. The van der Waals surface area contributed by atoms with Gasteiger partial charge in [-0.3, -0.25) is 4.79 Å². The summed E-state index contributed by atoms with van der Waals surface area (Å²) in [6, 6.07) is 0. The molecule has 0 radical (unpaired) electrons. The zero-order valence-corrected chi connectivity index (χ0v) is 10.6. The Kier molecular flexibility index (Phi) is 4.91. The van der Waals surface area contributed by atoms with Gasteiger partial charge in [-0.25, -0.2) is 0 Å². The first kappa shape index (κ1) is 14.4. The third-order valence-electron chi connectivity index (χ3n) is 3.76. The Bertz CT molecular complexity index is 267. The molecule has 17 heavy (non-hydrogen) atoms. The molecule has 5 heteroatoms. The zero-order chi connectivity index (χ0) is 13.1. The summed E-state index contributed by atoms with van der Waals surface area (Å²) in [5.41, 5.74) is -0.733. The fraction of sp³-hybridized carbons (Fsp3) is 0.917. The van der Waals surface area contributed by atoms with E-state index in [2.05, 4.69) is 0 Å². The third kappa shape index (κ3) is 3.66. The summed E-state index contributed by atoms with van der Waals surface area (Å²) in [7, 11) is 0. The fourth-order valence-corrected chi connectivity index (χ4v) is 2.34. The molecule has 0 aromatic rings. The summed E-state index contributed by atoms with van der Waals surface area (Å²) in [5, 5.41) is 27.4. The van der Waals surface area contributed by atoms with E-state index in [1.54, 1.807) is 13.8 Å². The topological polar surface area (TPSA) is 81.0 Å². The highest BCUT2D eigenvalue weighted by Gasteiger charge is 2.39. The molecular formula is C12H23NO4. The predicted octanol–water partition coefficient (Wildman–Crippen LogP) is 0.162. The van der Waals surface area contributed by atoms with Crippen molar-refractivity contribution in [2.45, 2.75) is 32.8 Å². The van der Waals surface area contributed by atoms with Crippen LogP contribution in [0.25, 0.3) is 0 Å². The number of hydrogen-bond acceptors (Lipinski definition) is 4. The van der Waals surface area contributed by atoms with Crippen molar-refractivity contribution in [1.82, 2.24) is 4.90 Å². The number of rotatable bonds is 5. The Balaban J connectivity index is 2.57. The number of nitrogens with zero attached hydrogens (tertiary/aromatic N) is 1. The molecule has 1 saturated heterocycles. The average Bonchev–Trinajstić information content (AvgIpc) is 2.29. The highest BCUT2D eigenvalue weighted by molar-refractivity contribution is 5.74. The first-order valence-electron chi connectivity index (χ1n) is 6.12. The number of β-amino-alcohol motifs (C(OH)–C–C–N with tert-alkyl or cyclic N) is 1. The van der Waals surface area contributed by atoms with Gasteiger partial charge in [-0.1, -0.05) is 0 Å². The van der Waals surface area contributed by atoms with Crippen LogP contribution in [-0.4, -0.2) is 58.5 Å². The van der Waals surface area contributed by atoms with Crippen molar-refractivity contribution in [1.29, 1.82) is 0 Å². The van der Waals surface area contributed by atoms with Crippen LogP contribution in [0.5, 0.6) is 0 Å². The van der Waals surface area contributed by atoms with Gasteiger partial charge >= 0.3 is 5.97 Å². The summed E-state index contributed by atoms with van der Waals surface area (Å²) in [6.07, 6.45) is 1.12. The molecule has 0 bridgehead atoms. The molecule has 1 fully saturated rings. The highest BCUT2D eigenvalue weighted by atomic mass is 16.4. The van der Waals surface area contributed by atoms with Crippen molar-refractivity contribution in [3.05, 3.63) is 0 Å². The summed E-state index contributed by atoms with van der Waals surface area (Å²) in [6.45, 7) is 5.23. The van der Waals surface area contributed by atoms with E-state index in [-0.39, 0.29) is 12.5 Å². The minimum absolute atomic E-state index is 0.0969. The number of piperidine rings is 1. The van der Waals surface area contributed by atoms with E-state index in [9.17, 15) is 15.0 Å². The molecule has 2 atom stereocenters. The normalized spacial score (nSPS) is 24.6. The molecule has 1 rings (SSSR count). The lowest BCUT2D eigenvalue weighted by Gasteiger charge is -2.39. The Morgan fingerprint density at radius 3 is 2.71 bits per heavy atom. The van der Waals surface area contributed by atoms with Gasteiger partial charge in [0.2, 0.25) is 0 Å². The molecule has 1 heterocycles. The van der Waals surface area contributed by atoms with Gasteiger partial charge in [0, 0.05) is 13.1 Å². The van der Waals surface area contributed by atoms with Gasteiger partial charge in [0.1, 0.15) is 0 Å². The van der Waals surface area contributed by atoms with Crippen molar-refractivity contribution in [2.24, 2.45) is 11.3 Å². The number of carboxylic acid groups (broad SMARTS) is 1. The Labute approximate surface area is 102 Å². The van der Waals surface area contributed by atoms with Gasteiger partial charge in [0.15, 0.2) is 0 Å². The zero-order valence-electron chi connectivity index (χ0n) is 10.6. The van der Waals surface area contributed by atoms with Crippen LogP contribution in [0.15, 0.2) is 0 Å². The van der Waals surface area contributed by atoms with Crippen LogP contribution in [0.4, 0.5) is 0 Å². The summed E-state index contributed by atoms with van der Waals surface area (Å²) in [4.78, 5) is 13.2. The van der Waals surface area contributed by atoms with Crippen molar-refractivity contribution < 1.29 is 20.1 Å². The van der Waals surface area contributed by atoms with E-state index < -0.39 is 17.5 Å². The molecule has 0 aliphatic carbocycles. The van der Waals surface area contributed by atoms with Crippen LogP contribution in [0.1, 0.15) is 26.7 Å². The Morgan fingerprint density at radius 2 is 2.18 bits per heavy atom. The Morgan fingerprint density at radius 1 is 1.53 bits per heavy atom. The van der Waals surface area contributed by atoms with Crippen LogP contribution in [0.2, 0.25) is 0 Å².